The Labute approximate surface area is 156 Å². The Morgan fingerprint density at radius 3 is 2.70 bits per heavy atom. The number of carbonyl (C=O) groups excluding carboxylic acids is 1. The molecule has 0 saturated carbocycles. The lowest BCUT2D eigenvalue weighted by molar-refractivity contribution is 0.0952. The Morgan fingerprint density at radius 1 is 0.963 bits per heavy atom. The highest BCUT2D eigenvalue weighted by molar-refractivity contribution is 5.95. The van der Waals surface area contributed by atoms with E-state index in [0.29, 0.717) is 18.1 Å². The third kappa shape index (κ3) is 3.95. The molecule has 0 saturated heterocycles. The van der Waals surface area contributed by atoms with Crippen molar-refractivity contribution in [3.63, 3.8) is 0 Å². The molecule has 0 bridgehead atoms. The number of fused-ring (bicyclic) bond motifs is 1. The molecule has 4 aromatic rings. The average molecular weight is 357 g/mol. The van der Waals surface area contributed by atoms with Crippen LogP contribution in [0.2, 0.25) is 0 Å². The van der Waals surface area contributed by atoms with Gasteiger partial charge in [-0.2, -0.15) is 0 Å². The molecule has 2 heterocycles. The first-order valence-electron chi connectivity index (χ1n) is 8.76. The Hall–Kier alpha value is -3.67. The van der Waals surface area contributed by atoms with E-state index in [9.17, 15) is 4.79 Å². The predicted molar refractivity (Wildman–Crippen MR) is 106 cm³/mol. The molecule has 2 N–H and O–H groups in total. The van der Waals surface area contributed by atoms with Crippen molar-refractivity contribution < 1.29 is 4.79 Å². The van der Waals surface area contributed by atoms with Crippen molar-refractivity contribution in [3.8, 4) is 0 Å². The average Bonchev–Trinajstić information content (AvgIpc) is 3.12. The van der Waals surface area contributed by atoms with Crippen LogP contribution in [-0.4, -0.2) is 27.0 Å². The van der Waals surface area contributed by atoms with Crippen LogP contribution in [0.4, 0.5) is 11.6 Å². The summed E-state index contributed by atoms with van der Waals surface area (Å²) in [7, 11) is 0. The van der Waals surface area contributed by atoms with Gasteiger partial charge in [0.25, 0.3) is 5.91 Å². The normalized spacial score (nSPS) is 10.7. The molecule has 6 nitrogen and oxygen atoms in total. The van der Waals surface area contributed by atoms with Crippen molar-refractivity contribution in [2.45, 2.75) is 6.54 Å². The minimum Gasteiger partial charge on any atom is -0.350 e. The number of nitrogens with zero attached hydrogens (tertiary/aromatic N) is 3. The van der Waals surface area contributed by atoms with Crippen LogP contribution in [0.3, 0.4) is 0 Å². The molecule has 2 aromatic heterocycles. The maximum atomic E-state index is 12.5. The van der Waals surface area contributed by atoms with Crippen LogP contribution in [0.1, 0.15) is 10.4 Å². The SMILES string of the molecule is O=C(NCCn1ccc2ccccc21)c1cccc(Nc2ncccn2)c1. The van der Waals surface area contributed by atoms with Crippen LogP contribution in [0.15, 0.2) is 79.3 Å². The number of para-hydroxylation sites is 1. The molecule has 0 spiro atoms. The lowest BCUT2D eigenvalue weighted by Gasteiger charge is -2.09. The van der Waals surface area contributed by atoms with Gasteiger partial charge in [-0.3, -0.25) is 4.79 Å². The highest BCUT2D eigenvalue weighted by Gasteiger charge is 2.07. The second kappa shape index (κ2) is 7.70. The zero-order valence-electron chi connectivity index (χ0n) is 14.7. The van der Waals surface area contributed by atoms with Crippen molar-refractivity contribution in [1.82, 2.24) is 19.9 Å². The molecule has 0 aliphatic rings. The number of aromatic nitrogens is 3. The van der Waals surface area contributed by atoms with Gasteiger partial charge in [0.2, 0.25) is 5.95 Å². The molecule has 1 amide bonds. The van der Waals surface area contributed by atoms with E-state index in [1.165, 1.54) is 10.9 Å². The van der Waals surface area contributed by atoms with Crippen molar-refractivity contribution in [1.29, 1.82) is 0 Å². The fourth-order valence-electron chi connectivity index (χ4n) is 2.96. The lowest BCUT2D eigenvalue weighted by Crippen LogP contribution is -2.27. The molecule has 0 unspecified atom stereocenters. The van der Waals surface area contributed by atoms with E-state index in [-0.39, 0.29) is 5.91 Å². The number of rotatable bonds is 6. The van der Waals surface area contributed by atoms with E-state index in [4.69, 9.17) is 0 Å². The van der Waals surface area contributed by atoms with Gasteiger partial charge in [-0.15, -0.1) is 0 Å². The second-order valence-electron chi connectivity index (χ2n) is 6.10. The molecule has 27 heavy (non-hydrogen) atoms. The van der Waals surface area contributed by atoms with Gasteiger partial charge in [0.05, 0.1) is 0 Å². The van der Waals surface area contributed by atoms with E-state index in [2.05, 4.69) is 43.4 Å². The number of nitrogens with one attached hydrogen (secondary N) is 2. The number of hydrogen-bond donors (Lipinski definition) is 2. The van der Waals surface area contributed by atoms with Crippen molar-refractivity contribution in [2.24, 2.45) is 0 Å². The fraction of sp³-hybridized carbons (Fsp3) is 0.0952. The highest BCUT2D eigenvalue weighted by Crippen LogP contribution is 2.15. The topological polar surface area (TPSA) is 71.8 Å². The molecule has 0 aliphatic carbocycles. The quantitative estimate of drug-likeness (QED) is 0.553. The molecule has 0 atom stereocenters. The summed E-state index contributed by atoms with van der Waals surface area (Å²) in [4.78, 5) is 20.7. The van der Waals surface area contributed by atoms with Crippen LogP contribution in [0.25, 0.3) is 10.9 Å². The third-order valence-corrected chi connectivity index (χ3v) is 4.27. The van der Waals surface area contributed by atoms with E-state index >= 15 is 0 Å². The summed E-state index contributed by atoms with van der Waals surface area (Å²) in [6.45, 7) is 1.27. The van der Waals surface area contributed by atoms with Crippen LogP contribution >= 0.6 is 0 Å². The summed E-state index contributed by atoms with van der Waals surface area (Å²) < 4.78 is 2.14. The molecule has 134 valence electrons. The summed E-state index contributed by atoms with van der Waals surface area (Å²) in [5.74, 6) is 0.388. The van der Waals surface area contributed by atoms with Crippen LogP contribution in [0, 0.1) is 0 Å². The summed E-state index contributed by atoms with van der Waals surface area (Å²) in [5.41, 5.74) is 2.53. The minimum absolute atomic E-state index is 0.107. The van der Waals surface area contributed by atoms with E-state index < -0.39 is 0 Å². The van der Waals surface area contributed by atoms with Gasteiger partial charge in [0.1, 0.15) is 0 Å². The van der Waals surface area contributed by atoms with Gasteiger partial charge in [-0.1, -0.05) is 24.3 Å². The molecule has 2 aromatic carbocycles. The number of anilines is 2. The number of hydrogen-bond acceptors (Lipinski definition) is 4. The van der Waals surface area contributed by atoms with Crippen LogP contribution in [0.5, 0.6) is 0 Å². The Bertz CT molecular complexity index is 1060. The smallest absolute Gasteiger partial charge is 0.251 e. The largest absolute Gasteiger partial charge is 0.350 e. The zero-order valence-corrected chi connectivity index (χ0v) is 14.7. The van der Waals surface area contributed by atoms with Crippen molar-refractivity contribution >= 4 is 28.4 Å². The minimum atomic E-state index is -0.107. The van der Waals surface area contributed by atoms with E-state index in [0.717, 1.165) is 12.2 Å². The van der Waals surface area contributed by atoms with Crippen molar-refractivity contribution in [2.75, 3.05) is 11.9 Å². The Balaban J connectivity index is 1.37. The molecular weight excluding hydrogens is 338 g/mol. The number of benzene rings is 2. The van der Waals surface area contributed by atoms with Gasteiger partial charge >= 0.3 is 0 Å². The third-order valence-electron chi connectivity index (χ3n) is 4.27. The summed E-state index contributed by atoms with van der Waals surface area (Å²) in [6.07, 6.45) is 5.37. The fourth-order valence-corrected chi connectivity index (χ4v) is 2.96. The molecule has 0 aliphatic heterocycles. The number of amides is 1. The van der Waals surface area contributed by atoms with Crippen molar-refractivity contribution in [3.05, 3.63) is 84.8 Å². The second-order valence-corrected chi connectivity index (χ2v) is 6.10. The first-order chi connectivity index (χ1) is 13.3. The highest BCUT2D eigenvalue weighted by atomic mass is 16.1. The van der Waals surface area contributed by atoms with Gasteiger partial charge in [-0.05, 0) is 41.8 Å². The lowest BCUT2D eigenvalue weighted by atomic mass is 10.2. The molecule has 4 rings (SSSR count). The molecule has 6 heteroatoms. The van der Waals surface area contributed by atoms with Gasteiger partial charge in [0.15, 0.2) is 0 Å². The maximum absolute atomic E-state index is 12.5. The van der Waals surface area contributed by atoms with Crippen LogP contribution in [-0.2, 0) is 6.54 Å². The maximum Gasteiger partial charge on any atom is 0.251 e. The first-order valence-corrected chi connectivity index (χ1v) is 8.76. The molecular formula is C21H19N5O. The predicted octanol–water partition coefficient (Wildman–Crippen LogP) is 3.60. The summed E-state index contributed by atoms with van der Waals surface area (Å²) in [6, 6.07) is 19.3. The monoisotopic (exact) mass is 357 g/mol. The standard InChI is InChI=1S/C21H19N5O/c27-20(22-12-14-26-13-9-16-5-1-2-8-19(16)26)17-6-3-7-18(15-17)25-21-23-10-4-11-24-21/h1-11,13,15H,12,14H2,(H,22,27)(H,23,24,25). The first kappa shape index (κ1) is 16.8. The van der Waals surface area contributed by atoms with Gasteiger partial charge in [0, 0.05) is 48.4 Å². The Kier molecular flexibility index (Phi) is 4.78. The molecule has 0 radical (unpaired) electrons. The number of carbonyl (C=O) groups is 1. The van der Waals surface area contributed by atoms with E-state index in [1.807, 2.05) is 30.5 Å². The Morgan fingerprint density at radius 2 is 1.81 bits per heavy atom. The summed E-state index contributed by atoms with van der Waals surface area (Å²) >= 11 is 0. The summed E-state index contributed by atoms with van der Waals surface area (Å²) in [5, 5.41) is 7.27. The molecule has 0 fully saturated rings. The van der Waals surface area contributed by atoms with Crippen LogP contribution < -0.4 is 10.6 Å². The van der Waals surface area contributed by atoms with E-state index in [1.54, 1.807) is 30.6 Å². The van der Waals surface area contributed by atoms with Gasteiger partial charge < -0.3 is 15.2 Å². The zero-order chi connectivity index (χ0) is 18.5. The van der Waals surface area contributed by atoms with Gasteiger partial charge in [-0.25, -0.2) is 9.97 Å².